The van der Waals surface area contributed by atoms with Gasteiger partial charge in [0.25, 0.3) is 5.91 Å². The second kappa shape index (κ2) is 6.45. The van der Waals surface area contributed by atoms with E-state index in [0.29, 0.717) is 4.47 Å². The molecule has 0 aliphatic rings. The van der Waals surface area contributed by atoms with Gasteiger partial charge >= 0.3 is 0 Å². The van der Waals surface area contributed by atoms with Crippen molar-refractivity contribution in [3.63, 3.8) is 0 Å². The van der Waals surface area contributed by atoms with Gasteiger partial charge in [-0.1, -0.05) is 22.9 Å². The van der Waals surface area contributed by atoms with E-state index in [1.807, 2.05) is 0 Å². The first-order chi connectivity index (χ1) is 8.83. The minimum Gasteiger partial charge on any atom is -0.396 e. The number of aliphatic hydroxyl groups excluding tert-OH is 2. The van der Waals surface area contributed by atoms with Crippen LogP contribution in [0.2, 0.25) is 0 Å². The Hall–Kier alpha value is -0.980. The predicted octanol–water partition coefficient (Wildman–Crippen LogP) is 1.65. The zero-order valence-corrected chi connectivity index (χ0v) is 12.4. The molecule has 0 saturated heterocycles. The van der Waals surface area contributed by atoms with Gasteiger partial charge in [-0.25, -0.2) is 4.39 Å². The van der Waals surface area contributed by atoms with E-state index in [-0.39, 0.29) is 25.3 Å². The molecule has 0 bridgehead atoms. The van der Waals surface area contributed by atoms with Gasteiger partial charge in [0.1, 0.15) is 5.82 Å². The molecule has 0 atom stereocenters. The fraction of sp³-hybridized carbons (Fsp3) is 0.462. The molecular weight excluding hydrogens is 317 g/mol. The van der Waals surface area contributed by atoms with Crippen LogP contribution in [0.15, 0.2) is 22.7 Å². The van der Waals surface area contributed by atoms with Crippen LogP contribution < -0.4 is 0 Å². The van der Waals surface area contributed by atoms with E-state index in [1.54, 1.807) is 13.0 Å². The molecule has 6 heteroatoms. The third-order valence-corrected chi connectivity index (χ3v) is 3.38. The summed E-state index contributed by atoms with van der Waals surface area (Å²) in [6, 6.07) is 4.20. The van der Waals surface area contributed by atoms with Gasteiger partial charge in [0.05, 0.1) is 18.8 Å². The maximum atomic E-state index is 13.7. The Balaban J connectivity index is 2.88. The average molecular weight is 334 g/mol. The van der Waals surface area contributed by atoms with Crippen molar-refractivity contribution in [2.75, 3.05) is 26.8 Å². The number of carbonyl (C=O) groups is 1. The largest absolute Gasteiger partial charge is 0.396 e. The minimum absolute atomic E-state index is 0.0380. The fourth-order valence-corrected chi connectivity index (χ4v) is 2.00. The predicted molar refractivity (Wildman–Crippen MR) is 73.3 cm³/mol. The second-order valence-electron chi connectivity index (χ2n) is 4.91. The summed E-state index contributed by atoms with van der Waals surface area (Å²) in [5.74, 6) is -1.10. The van der Waals surface area contributed by atoms with Crippen molar-refractivity contribution in [2.24, 2.45) is 5.41 Å². The third-order valence-electron chi connectivity index (χ3n) is 2.89. The van der Waals surface area contributed by atoms with Gasteiger partial charge in [0, 0.05) is 23.5 Å². The molecule has 1 amide bonds. The number of carbonyl (C=O) groups excluding carboxylic acids is 1. The quantitative estimate of drug-likeness (QED) is 0.861. The van der Waals surface area contributed by atoms with Gasteiger partial charge < -0.3 is 15.1 Å². The number of nitrogens with zero attached hydrogens (tertiary/aromatic N) is 1. The van der Waals surface area contributed by atoms with Crippen LogP contribution in [-0.4, -0.2) is 47.8 Å². The van der Waals surface area contributed by atoms with Gasteiger partial charge in [-0.2, -0.15) is 0 Å². The van der Waals surface area contributed by atoms with Crippen LogP contribution in [0.1, 0.15) is 17.3 Å². The molecule has 19 heavy (non-hydrogen) atoms. The highest BCUT2D eigenvalue weighted by Crippen LogP contribution is 2.20. The first kappa shape index (κ1) is 16.1. The molecule has 0 heterocycles. The number of hydrogen-bond donors (Lipinski definition) is 2. The van der Waals surface area contributed by atoms with Crippen molar-refractivity contribution in [1.29, 1.82) is 0 Å². The summed E-state index contributed by atoms with van der Waals surface area (Å²) in [4.78, 5) is 13.4. The van der Waals surface area contributed by atoms with Crippen LogP contribution in [0.5, 0.6) is 0 Å². The van der Waals surface area contributed by atoms with Crippen molar-refractivity contribution in [3.05, 3.63) is 34.1 Å². The molecule has 1 aromatic carbocycles. The van der Waals surface area contributed by atoms with Crippen molar-refractivity contribution in [2.45, 2.75) is 6.92 Å². The van der Waals surface area contributed by atoms with E-state index in [9.17, 15) is 19.4 Å². The van der Waals surface area contributed by atoms with Crippen LogP contribution in [-0.2, 0) is 0 Å². The van der Waals surface area contributed by atoms with Gasteiger partial charge in [-0.05, 0) is 18.2 Å². The first-order valence-corrected chi connectivity index (χ1v) is 6.54. The molecule has 4 nitrogen and oxygen atoms in total. The summed E-state index contributed by atoms with van der Waals surface area (Å²) >= 11 is 3.12. The Morgan fingerprint density at radius 3 is 2.47 bits per heavy atom. The zero-order chi connectivity index (χ0) is 14.6. The maximum Gasteiger partial charge on any atom is 0.256 e. The Morgan fingerprint density at radius 1 is 1.42 bits per heavy atom. The lowest BCUT2D eigenvalue weighted by molar-refractivity contribution is 0.0364. The van der Waals surface area contributed by atoms with Crippen LogP contribution in [0.3, 0.4) is 0 Å². The normalized spacial score (nSPS) is 11.5. The smallest absolute Gasteiger partial charge is 0.256 e. The molecule has 106 valence electrons. The van der Waals surface area contributed by atoms with E-state index in [4.69, 9.17) is 0 Å². The molecule has 0 spiro atoms. The highest BCUT2D eigenvalue weighted by molar-refractivity contribution is 9.10. The molecule has 1 aromatic rings. The molecule has 0 aromatic heterocycles. The van der Waals surface area contributed by atoms with Gasteiger partial charge in [0.2, 0.25) is 0 Å². The standard InChI is InChI=1S/C13H17BrFNO3/c1-13(7-17,8-18)6-16(2)12(19)10-4-3-9(14)5-11(10)15/h3-5,17-18H,6-8H2,1-2H3. The lowest BCUT2D eigenvalue weighted by Crippen LogP contribution is -2.41. The fourth-order valence-electron chi connectivity index (χ4n) is 1.66. The number of amides is 1. The summed E-state index contributed by atoms with van der Waals surface area (Å²) in [6.45, 7) is 1.26. The van der Waals surface area contributed by atoms with E-state index in [2.05, 4.69) is 15.9 Å². The Labute approximate surface area is 120 Å². The number of rotatable bonds is 5. The summed E-state index contributed by atoms with van der Waals surface area (Å²) < 4.78 is 14.2. The van der Waals surface area contributed by atoms with Crippen LogP contribution >= 0.6 is 15.9 Å². The Morgan fingerprint density at radius 2 is 2.00 bits per heavy atom. The molecule has 0 unspecified atom stereocenters. The van der Waals surface area contributed by atoms with Crippen molar-refractivity contribution in [1.82, 2.24) is 4.90 Å². The molecule has 0 radical (unpaired) electrons. The SMILES string of the molecule is CN(CC(C)(CO)CO)C(=O)c1ccc(Br)cc1F. The average Bonchev–Trinajstić information content (AvgIpc) is 2.37. The summed E-state index contributed by atoms with van der Waals surface area (Å²) in [7, 11) is 1.51. The number of halogens is 2. The highest BCUT2D eigenvalue weighted by Gasteiger charge is 2.27. The van der Waals surface area contributed by atoms with E-state index < -0.39 is 17.1 Å². The first-order valence-electron chi connectivity index (χ1n) is 5.75. The highest BCUT2D eigenvalue weighted by atomic mass is 79.9. The monoisotopic (exact) mass is 333 g/mol. The van der Waals surface area contributed by atoms with E-state index >= 15 is 0 Å². The third kappa shape index (κ3) is 3.99. The number of hydrogen-bond acceptors (Lipinski definition) is 3. The maximum absolute atomic E-state index is 13.7. The molecule has 0 aliphatic heterocycles. The Kier molecular flexibility index (Phi) is 5.46. The van der Waals surface area contributed by atoms with Crippen molar-refractivity contribution < 1.29 is 19.4 Å². The van der Waals surface area contributed by atoms with Gasteiger partial charge in [-0.3, -0.25) is 4.79 Å². The lowest BCUT2D eigenvalue weighted by Gasteiger charge is -2.30. The van der Waals surface area contributed by atoms with Crippen LogP contribution in [0, 0.1) is 11.2 Å². The molecule has 0 saturated carbocycles. The van der Waals surface area contributed by atoms with Crippen LogP contribution in [0.4, 0.5) is 4.39 Å². The topological polar surface area (TPSA) is 60.8 Å². The summed E-state index contributed by atoms with van der Waals surface area (Å²) in [6.07, 6.45) is 0. The molecule has 2 N–H and O–H groups in total. The van der Waals surface area contributed by atoms with Gasteiger partial charge in [-0.15, -0.1) is 0 Å². The molecule has 0 aliphatic carbocycles. The minimum atomic E-state index is -0.809. The van der Waals surface area contributed by atoms with E-state index in [0.717, 1.165) is 0 Å². The Bertz CT molecular complexity index is 463. The summed E-state index contributed by atoms with van der Waals surface area (Å²) in [5, 5.41) is 18.4. The van der Waals surface area contributed by atoms with Crippen molar-refractivity contribution >= 4 is 21.8 Å². The second-order valence-corrected chi connectivity index (χ2v) is 5.83. The van der Waals surface area contributed by atoms with Crippen LogP contribution in [0.25, 0.3) is 0 Å². The van der Waals surface area contributed by atoms with Crippen molar-refractivity contribution in [3.8, 4) is 0 Å². The molecule has 1 rings (SSSR count). The van der Waals surface area contributed by atoms with Gasteiger partial charge in [0.15, 0.2) is 0 Å². The van der Waals surface area contributed by atoms with E-state index in [1.165, 1.54) is 24.1 Å². The number of aliphatic hydroxyl groups is 2. The summed E-state index contributed by atoms with van der Waals surface area (Å²) in [5.41, 5.74) is -0.847. The number of benzene rings is 1. The lowest BCUT2D eigenvalue weighted by atomic mass is 9.92. The molecular formula is C13H17BrFNO3. The molecule has 0 fully saturated rings. The zero-order valence-electron chi connectivity index (χ0n) is 10.9.